The summed E-state index contributed by atoms with van der Waals surface area (Å²) in [7, 11) is 0. The number of nitrogens with one attached hydrogen (secondary N) is 1. The Bertz CT molecular complexity index is 3210. The molecule has 0 amide bonds. The van der Waals surface area contributed by atoms with Crippen LogP contribution in [-0.4, -0.2) is 111 Å². The zero-order valence-corrected chi connectivity index (χ0v) is 51.0. The summed E-state index contributed by atoms with van der Waals surface area (Å²) in [6.45, 7) is 19.1. The van der Waals surface area contributed by atoms with Crippen LogP contribution in [0, 0.1) is 41.6 Å². The predicted octanol–water partition coefficient (Wildman–Crippen LogP) is 8.91. The molecule has 0 spiro atoms. The smallest absolute Gasteiger partial charge is 0.330 e. The van der Waals surface area contributed by atoms with Gasteiger partial charge in [0, 0.05) is 25.0 Å². The maximum Gasteiger partial charge on any atom is 0.330 e. The summed E-state index contributed by atoms with van der Waals surface area (Å²) in [6, 6.07) is 18.2. The maximum atomic E-state index is 13.7. The fourth-order valence-corrected chi connectivity index (χ4v) is 10.5. The fourth-order valence-electron chi connectivity index (χ4n) is 9.46. The summed E-state index contributed by atoms with van der Waals surface area (Å²) >= 11 is 0.981. The number of thioether (sulfide) groups is 1. The number of anilines is 1. The second-order valence-corrected chi connectivity index (χ2v) is 22.3. The highest BCUT2D eigenvalue weighted by Gasteiger charge is 2.37. The average Bonchev–Trinajstić information content (AvgIpc) is 1.78. The largest absolute Gasteiger partial charge is 0.465 e. The second-order valence-electron chi connectivity index (χ2n) is 21.3. The summed E-state index contributed by atoms with van der Waals surface area (Å²) in [5.74, 6) is -6.92. The first-order valence-electron chi connectivity index (χ1n) is 29.3. The number of benzene rings is 3. The van der Waals surface area contributed by atoms with Crippen molar-refractivity contribution in [2.45, 2.75) is 134 Å². The van der Waals surface area contributed by atoms with Crippen LogP contribution in [-0.2, 0) is 93.9 Å². The molecule has 24 nitrogen and oxygen atoms in total. The van der Waals surface area contributed by atoms with Crippen LogP contribution in [0.1, 0.15) is 109 Å². The molecule has 0 saturated heterocycles. The van der Waals surface area contributed by atoms with Crippen LogP contribution in [0.2, 0.25) is 0 Å². The number of carbonyl (C=O) groups is 10. The molecular weight excluding hydrogens is 1190 g/mol. The highest BCUT2D eigenvalue weighted by molar-refractivity contribution is 8.03. The third-order valence-corrected chi connectivity index (χ3v) is 15.4. The van der Waals surface area contributed by atoms with Crippen LogP contribution < -0.4 is 24.3 Å². The summed E-state index contributed by atoms with van der Waals surface area (Å²) in [6.07, 6.45) is 2.90. The Labute approximate surface area is 524 Å². The van der Waals surface area contributed by atoms with Gasteiger partial charge in [0.25, 0.3) is 5.70 Å². The van der Waals surface area contributed by atoms with E-state index in [1.165, 1.54) is 12.1 Å². The Morgan fingerprint density at radius 2 is 0.956 bits per heavy atom. The van der Waals surface area contributed by atoms with Crippen molar-refractivity contribution >= 4 is 77.1 Å². The normalized spacial score (nSPS) is 18.0. The minimum Gasteiger partial charge on any atom is -0.465 e. The number of rotatable bonds is 31. The Morgan fingerprint density at radius 3 is 1.39 bits per heavy atom. The quantitative estimate of drug-likeness (QED) is 0.0157. The molecule has 3 unspecified atom stereocenters. The Kier molecular flexibility index (Phi) is 27.6. The van der Waals surface area contributed by atoms with E-state index in [0.29, 0.717) is 80.6 Å². The molecule has 90 heavy (non-hydrogen) atoms. The van der Waals surface area contributed by atoms with Gasteiger partial charge in [0.1, 0.15) is 42.2 Å². The Morgan fingerprint density at radius 1 is 0.556 bits per heavy atom. The molecule has 2 aliphatic carbocycles. The molecule has 478 valence electrons. The van der Waals surface area contributed by atoms with Gasteiger partial charge < -0.3 is 57.4 Å². The van der Waals surface area contributed by atoms with Crippen molar-refractivity contribution in [3.8, 4) is 29.1 Å². The molecule has 1 aliphatic heterocycles. The predicted molar refractivity (Wildman–Crippen MR) is 318 cm³/mol. The van der Waals surface area contributed by atoms with Crippen molar-refractivity contribution < 1.29 is 100 Å². The fraction of sp³-hybridized carbons (Fsp3) is 0.446. The van der Waals surface area contributed by atoms with Gasteiger partial charge in [0.2, 0.25) is 0 Å². The lowest BCUT2D eigenvalue weighted by Gasteiger charge is -2.26. The summed E-state index contributed by atoms with van der Waals surface area (Å²) in [5.41, 5.74) is 1.57. The number of esters is 10. The molecule has 0 aromatic heterocycles. The van der Waals surface area contributed by atoms with Gasteiger partial charge in [-0.25, -0.2) is 19.7 Å². The third-order valence-electron chi connectivity index (χ3n) is 14.3. The van der Waals surface area contributed by atoms with Crippen molar-refractivity contribution in [3.63, 3.8) is 0 Å². The third kappa shape index (κ3) is 22.7. The number of hydrogen-bond acceptors (Lipinski definition) is 24. The number of allylic oxidation sites excluding steroid dienone is 1. The van der Waals surface area contributed by atoms with E-state index in [2.05, 4.69) is 23.3 Å². The van der Waals surface area contributed by atoms with Crippen molar-refractivity contribution in [2.75, 3.05) is 38.4 Å². The van der Waals surface area contributed by atoms with E-state index in [9.17, 15) is 53.2 Å². The van der Waals surface area contributed by atoms with Gasteiger partial charge in [-0.3, -0.25) is 38.4 Å². The van der Waals surface area contributed by atoms with E-state index >= 15 is 0 Å². The highest BCUT2D eigenvalue weighted by atomic mass is 32.2. The standard InChI is InChI=1S/C65H71N3O21S/c1-7-53(69)82-38-41(5)85-58(74)30-28-56(72)81-34-32-43-11-23-49(24-12-43)87-63(76)45-15-19-47(20-16-45)65(78)89-52-26-25-51(59-60(52)90-61(68-59)50(35-66)67-6)88-64(77)46-17-13-44(14-18-46)62(75)86-48-21-9-42(10-22-48)31-33-80-55(71)27-29-57(73)84-40(4)37-79-36-39(3)83-54(70)8-2/h7-12,21-26,39-41,44-47,68H,1-2,13-20,27-34,36-38H2,3-5H3/b61-50-. The number of carbonyl (C=O) groups excluding carboxylic acids is 10. The van der Waals surface area contributed by atoms with Crippen LogP contribution in [0.5, 0.6) is 23.0 Å². The summed E-state index contributed by atoms with van der Waals surface area (Å²) < 4.78 is 59.3. The Balaban J connectivity index is 0.885. The zero-order valence-electron chi connectivity index (χ0n) is 50.2. The molecular formula is C65H71N3O21S. The Hall–Kier alpha value is -9.33. The summed E-state index contributed by atoms with van der Waals surface area (Å²) in [4.78, 5) is 129. The van der Waals surface area contributed by atoms with Gasteiger partial charge in [0.05, 0.1) is 104 Å². The van der Waals surface area contributed by atoms with Crippen LogP contribution >= 0.6 is 11.8 Å². The molecule has 3 atom stereocenters. The molecule has 3 aliphatic rings. The lowest BCUT2D eigenvalue weighted by atomic mass is 9.82. The number of nitrogens with zero attached hydrogens (tertiary/aromatic N) is 2. The number of fused-ring (bicyclic) bond motifs is 1. The number of hydrogen-bond donors (Lipinski definition) is 1. The van der Waals surface area contributed by atoms with Crippen molar-refractivity contribution in [1.29, 1.82) is 5.26 Å². The summed E-state index contributed by atoms with van der Waals surface area (Å²) in [5, 5.41) is 12.9. The van der Waals surface area contributed by atoms with E-state index in [4.69, 9.17) is 58.7 Å². The van der Waals surface area contributed by atoms with Crippen LogP contribution in [0.15, 0.2) is 102 Å². The molecule has 25 heteroatoms. The zero-order chi connectivity index (χ0) is 65.1. The van der Waals surface area contributed by atoms with Gasteiger partial charge in [-0.2, -0.15) is 0 Å². The van der Waals surface area contributed by atoms with E-state index in [0.717, 1.165) is 35.0 Å². The molecule has 0 bridgehead atoms. The molecule has 6 rings (SSSR count). The topological polar surface area (TPSA) is 312 Å². The van der Waals surface area contributed by atoms with Gasteiger partial charge in [0.15, 0.2) is 5.75 Å². The minimum absolute atomic E-state index is 0.0458. The minimum atomic E-state index is -0.701. The van der Waals surface area contributed by atoms with E-state index in [1.54, 1.807) is 69.3 Å². The number of nitriles is 1. The number of ether oxygens (including phenoxy) is 11. The molecule has 0 radical (unpaired) electrons. The average molecular weight is 1260 g/mol. The highest BCUT2D eigenvalue weighted by Crippen LogP contribution is 2.52. The van der Waals surface area contributed by atoms with E-state index < -0.39 is 102 Å². The van der Waals surface area contributed by atoms with Gasteiger partial charge >= 0.3 is 59.7 Å². The van der Waals surface area contributed by atoms with Crippen molar-refractivity contribution in [3.05, 3.63) is 119 Å². The van der Waals surface area contributed by atoms with Gasteiger partial charge in [-0.1, -0.05) is 49.2 Å². The molecule has 3 aromatic rings. The van der Waals surface area contributed by atoms with Crippen molar-refractivity contribution in [1.82, 2.24) is 0 Å². The molecule has 3 aromatic carbocycles. The molecule has 1 N–H and O–H groups in total. The lowest BCUT2D eigenvalue weighted by Crippen LogP contribution is -2.30. The first kappa shape index (κ1) is 69.8. The lowest BCUT2D eigenvalue weighted by molar-refractivity contribution is -0.157. The van der Waals surface area contributed by atoms with Gasteiger partial charge in [-0.15, -0.1) is 0 Å². The van der Waals surface area contributed by atoms with Crippen LogP contribution in [0.3, 0.4) is 0 Å². The van der Waals surface area contributed by atoms with Crippen LogP contribution in [0.4, 0.5) is 5.69 Å². The molecule has 1 heterocycles. The van der Waals surface area contributed by atoms with Crippen LogP contribution in [0.25, 0.3) is 4.85 Å². The van der Waals surface area contributed by atoms with E-state index in [-0.39, 0.29) is 86.6 Å². The van der Waals surface area contributed by atoms with Gasteiger partial charge in [-0.05, 0) is 120 Å². The monoisotopic (exact) mass is 1260 g/mol. The molecule has 2 fully saturated rings. The first-order valence-corrected chi connectivity index (χ1v) is 30.1. The molecule has 2 saturated carbocycles. The van der Waals surface area contributed by atoms with E-state index in [1.807, 2.05) is 6.07 Å². The second kappa shape index (κ2) is 35.6. The maximum absolute atomic E-state index is 13.7. The van der Waals surface area contributed by atoms with Crippen molar-refractivity contribution in [2.24, 2.45) is 23.7 Å². The SMILES string of the molecule is [C-]#[N+]/C(C#N)=C1/Nc2c(OC(=O)C3CCC(C(=O)Oc4ccc(CCOC(=O)CCC(=O)OC(C)COCC(C)OC(=O)C=C)cc4)CC3)ccc(OC(=O)C3CCC(C(=O)Oc4ccc(CCOC(=O)CCC(=O)OC(C)COC(=O)C=C)cc4)CC3)c2S1. The first-order chi connectivity index (χ1) is 43.2.